The van der Waals surface area contributed by atoms with Gasteiger partial charge in [0, 0.05) is 50.5 Å². The molecule has 18 atom stereocenters. The van der Waals surface area contributed by atoms with Gasteiger partial charge in [-0.05, 0) is 150 Å². The van der Waals surface area contributed by atoms with Crippen molar-refractivity contribution in [1.82, 2.24) is 16.0 Å². The summed E-state index contributed by atoms with van der Waals surface area (Å²) in [5.74, 6) is -1.57. The number of nitrogens with one attached hydrogen (secondary N) is 3. The molecule has 504 valence electrons. The summed E-state index contributed by atoms with van der Waals surface area (Å²) in [6, 6.07) is 4.92. The molecule has 24 nitrogen and oxygen atoms in total. The fraction of sp³-hybridized carbons (Fsp3) is 0.746. The topological polar surface area (TPSA) is 335 Å². The number of rotatable bonds is 30. The van der Waals surface area contributed by atoms with Crippen LogP contribution in [-0.4, -0.2) is 174 Å². The maximum Gasteiger partial charge on any atom is 0.338 e. The Morgan fingerprint density at radius 1 is 0.791 bits per heavy atom. The number of hydrogen-bond acceptors (Lipinski definition) is 21. The van der Waals surface area contributed by atoms with E-state index in [0.29, 0.717) is 76.5 Å². The van der Waals surface area contributed by atoms with Crippen LogP contribution in [0.5, 0.6) is 5.75 Å². The van der Waals surface area contributed by atoms with Gasteiger partial charge in [0.1, 0.15) is 41.5 Å². The SMILES string of the molecule is C#CCNC(=O)C(CCCCNC(=O)CCCC1(C)N=N1)NC(=O)CCCC(=O)O[C@@H]1CO[C@@H](O[C@@H]2[C@@H](OC(C)=O)[C@H](O[C@H]3C[C@H]4[C@@H]5CC=C6C[C@@H](O)CC[C@]6(C)[C@H]5CC[C@]4(C)[C@@]3(O)[C@H](C)C(=O)CCC(C)C)OC[C@@H]2O)[C@H](OC(=O)c2ccc(OC)cc2)[C@H]1O. The lowest BCUT2D eigenvalue weighted by atomic mass is 9.46. The minimum atomic E-state index is -1.84. The lowest BCUT2D eigenvalue weighted by molar-refractivity contribution is -0.345. The fourth-order valence-electron chi connectivity index (χ4n) is 15.2. The van der Waals surface area contributed by atoms with Crippen molar-refractivity contribution in [2.75, 3.05) is 33.4 Å². The molecule has 3 amide bonds. The minimum absolute atomic E-state index is 0.0256. The largest absolute Gasteiger partial charge is 0.497 e. The van der Waals surface area contributed by atoms with E-state index in [2.05, 4.69) is 52.0 Å². The van der Waals surface area contributed by atoms with Crippen LogP contribution in [-0.2, 0) is 61.9 Å². The van der Waals surface area contributed by atoms with E-state index in [-0.39, 0.29) is 90.7 Å². The molecule has 1 aromatic rings. The smallest absolute Gasteiger partial charge is 0.338 e. The van der Waals surface area contributed by atoms with Gasteiger partial charge in [-0.2, -0.15) is 10.2 Å². The predicted octanol–water partition coefficient (Wildman–Crippen LogP) is 5.62. The van der Waals surface area contributed by atoms with Gasteiger partial charge in [0.15, 0.2) is 36.6 Å². The first-order chi connectivity index (χ1) is 43.2. The summed E-state index contributed by atoms with van der Waals surface area (Å²) in [5, 5.41) is 64.3. The predicted molar refractivity (Wildman–Crippen MR) is 327 cm³/mol. The highest BCUT2D eigenvalue weighted by atomic mass is 16.8. The van der Waals surface area contributed by atoms with E-state index in [4.69, 9.17) is 44.3 Å². The molecule has 3 heterocycles. The summed E-state index contributed by atoms with van der Waals surface area (Å²) in [7, 11) is 1.45. The molecule has 91 heavy (non-hydrogen) atoms. The van der Waals surface area contributed by atoms with Crippen LogP contribution in [0.15, 0.2) is 46.1 Å². The average Bonchev–Trinajstić information content (AvgIpc) is 1.58. The Labute approximate surface area is 533 Å². The number of methoxy groups -OCH3 is 1. The van der Waals surface area contributed by atoms with Gasteiger partial charge in [-0.25, -0.2) is 4.79 Å². The Morgan fingerprint density at radius 2 is 1.51 bits per heavy atom. The summed E-state index contributed by atoms with van der Waals surface area (Å²) < 4.78 is 48.6. The van der Waals surface area contributed by atoms with Crippen LogP contribution in [0, 0.1) is 52.8 Å². The molecular weight excluding hydrogens is 1180 g/mol. The van der Waals surface area contributed by atoms with E-state index in [1.807, 2.05) is 20.8 Å². The number of carbonyl (C=O) groups excluding carboxylic acids is 7. The second kappa shape index (κ2) is 30.9. The second-order valence-electron chi connectivity index (χ2n) is 27.2. The van der Waals surface area contributed by atoms with Gasteiger partial charge in [-0.1, -0.05) is 52.2 Å². The number of ketones is 1. The number of esters is 3. The monoisotopic (exact) mass is 1280 g/mol. The highest BCUT2D eigenvalue weighted by Gasteiger charge is 2.71. The zero-order valence-corrected chi connectivity index (χ0v) is 54.1. The molecule has 24 heteroatoms. The fourth-order valence-corrected chi connectivity index (χ4v) is 15.2. The number of benzene rings is 1. The van der Waals surface area contributed by atoms with Crippen LogP contribution in [0.1, 0.15) is 174 Å². The number of nitrogens with zero attached hydrogens (tertiary/aromatic N) is 2. The number of unbranched alkanes of at least 4 members (excludes halogenated alkanes) is 1. The van der Waals surface area contributed by atoms with Crippen LogP contribution in [0.4, 0.5) is 0 Å². The number of fused-ring (bicyclic) bond motifs is 5. The number of carbonyl (C=O) groups is 7. The Kier molecular flexibility index (Phi) is 24.1. The molecule has 1 unspecified atom stereocenters. The first kappa shape index (κ1) is 70.9. The van der Waals surface area contributed by atoms with Crippen molar-refractivity contribution in [3.63, 3.8) is 0 Å². The number of Topliss-reactive ketones (excluding diaryl/α,β-unsaturated/α-hetero) is 1. The number of allylic oxidation sites excluding steroid dienone is 1. The third kappa shape index (κ3) is 16.9. The minimum Gasteiger partial charge on any atom is -0.497 e. The van der Waals surface area contributed by atoms with Gasteiger partial charge in [0.2, 0.25) is 17.7 Å². The Balaban J connectivity index is 0.947. The van der Waals surface area contributed by atoms with Crippen LogP contribution in [0.3, 0.4) is 0 Å². The van der Waals surface area contributed by atoms with Crippen molar-refractivity contribution in [2.24, 2.45) is 50.6 Å². The van der Waals surface area contributed by atoms with Gasteiger partial charge >= 0.3 is 17.9 Å². The number of aliphatic hydroxyl groups is 4. The molecule has 0 bridgehead atoms. The van der Waals surface area contributed by atoms with Crippen molar-refractivity contribution in [3.8, 4) is 18.1 Å². The van der Waals surface area contributed by atoms with Crippen molar-refractivity contribution >= 4 is 41.4 Å². The lowest BCUT2D eigenvalue weighted by Gasteiger charge is -2.59. The number of amides is 3. The molecule has 0 radical (unpaired) electrons. The standard InChI is InChI=1S/C67H97N5O19/c1-10-32-69-60(81)48(15-11-12-33-68-53(77)17-14-29-66(8)71-72-66)70-54(78)16-13-18-55(79)88-51-37-86-62(58(56(51)80)90-61(82)41-20-23-44(84-9)24-21-41)91-57-50(76)36-85-63(59(57)87-40(5)73)89-52-35-47-45-25-22-42-34-43(74)27-30-64(42,6)46(45)28-31-65(47,7)67(52,83)39(4)49(75)26-19-38(2)3/h1,20-24,38-39,43,45-48,50-52,56-59,62-63,74,76,80,83H,11-19,25-37H2,2-9H3,(H,68,77)(H,69,81)(H,70,78)/t39-,43+,45-,46+,47+,48?,50+,51-,52+,56+,57+,58-,59-,62+,63+,64+,65+,67-/m1/s1. The molecule has 0 spiro atoms. The first-order valence-electron chi connectivity index (χ1n) is 32.7. The molecule has 2 saturated heterocycles. The molecule has 0 aromatic heterocycles. The second-order valence-corrected chi connectivity index (χ2v) is 27.2. The van der Waals surface area contributed by atoms with E-state index in [0.717, 1.165) is 26.2 Å². The summed E-state index contributed by atoms with van der Waals surface area (Å²) >= 11 is 0. The highest BCUT2D eigenvalue weighted by molar-refractivity contribution is 5.90. The van der Waals surface area contributed by atoms with Crippen LogP contribution >= 0.6 is 0 Å². The van der Waals surface area contributed by atoms with E-state index in [9.17, 15) is 54.0 Å². The molecule has 3 saturated carbocycles. The summed E-state index contributed by atoms with van der Waals surface area (Å²) in [6.45, 7) is 12.6. The molecular formula is C67H97N5O19. The Bertz CT molecular complexity index is 2840. The molecule has 1 aromatic carbocycles. The summed E-state index contributed by atoms with van der Waals surface area (Å²) in [5.41, 5.74) is -1.80. The van der Waals surface area contributed by atoms with Crippen LogP contribution in [0.25, 0.3) is 0 Å². The Morgan fingerprint density at radius 3 is 2.20 bits per heavy atom. The quantitative estimate of drug-likeness (QED) is 0.0162. The Hall–Kier alpha value is -5.91. The number of ether oxygens (including phenoxy) is 8. The maximum atomic E-state index is 14.4. The first-order valence-corrected chi connectivity index (χ1v) is 32.7. The van der Waals surface area contributed by atoms with E-state index >= 15 is 0 Å². The highest BCUT2D eigenvalue weighted by Crippen LogP contribution is 2.69. The third-order valence-electron chi connectivity index (χ3n) is 20.5. The van der Waals surface area contributed by atoms with E-state index < -0.39 is 127 Å². The van der Waals surface area contributed by atoms with Crippen LogP contribution in [0.2, 0.25) is 0 Å². The van der Waals surface area contributed by atoms with Gasteiger partial charge < -0.3 is 74.3 Å². The van der Waals surface area contributed by atoms with Crippen molar-refractivity contribution in [3.05, 3.63) is 41.5 Å². The van der Waals surface area contributed by atoms with Gasteiger partial charge in [-0.15, -0.1) is 6.42 Å². The molecule has 7 N–H and O–H groups in total. The number of hydrogen-bond donors (Lipinski definition) is 7. The zero-order valence-electron chi connectivity index (χ0n) is 54.1. The summed E-state index contributed by atoms with van der Waals surface area (Å²) in [6.07, 6.45) is 0.922. The van der Waals surface area contributed by atoms with E-state index in [1.54, 1.807) is 6.92 Å². The molecule has 8 rings (SSSR count). The zero-order chi connectivity index (χ0) is 66.0. The molecule has 4 aliphatic carbocycles. The van der Waals surface area contributed by atoms with Gasteiger partial charge in [0.25, 0.3) is 0 Å². The number of aliphatic hydroxyl groups excluding tert-OH is 3. The van der Waals surface area contributed by atoms with E-state index in [1.165, 1.54) is 36.9 Å². The summed E-state index contributed by atoms with van der Waals surface area (Å²) in [4.78, 5) is 93.6. The normalized spacial score (nSPS) is 33.5. The molecule has 3 aliphatic heterocycles. The lowest BCUT2D eigenvalue weighted by Crippen LogP contribution is -2.64. The van der Waals surface area contributed by atoms with Crippen LogP contribution < -0.4 is 20.7 Å². The maximum absolute atomic E-state index is 14.4. The molecule has 5 fully saturated rings. The van der Waals surface area contributed by atoms with Gasteiger partial charge in [-0.3, -0.25) is 28.8 Å². The van der Waals surface area contributed by atoms with Crippen molar-refractivity contribution in [1.29, 1.82) is 0 Å². The average molecular weight is 1280 g/mol. The number of terminal acetylenes is 1. The van der Waals surface area contributed by atoms with Crippen molar-refractivity contribution in [2.45, 2.75) is 243 Å². The molecule has 7 aliphatic rings. The van der Waals surface area contributed by atoms with Crippen molar-refractivity contribution < 1.29 is 91.9 Å². The van der Waals surface area contributed by atoms with Gasteiger partial charge in [0.05, 0.1) is 44.6 Å². The third-order valence-corrected chi connectivity index (χ3v) is 20.5.